The van der Waals surface area contributed by atoms with E-state index in [1.165, 1.54) is 11.9 Å². The zero-order valence-corrected chi connectivity index (χ0v) is 4.82. The van der Waals surface area contributed by atoms with Crippen LogP contribution in [0.1, 0.15) is 0 Å². The molecule has 2 heteroatoms. The largest absolute Gasteiger partial charge is 0.223 e. The van der Waals surface area contributed by atoms with Gasteiger partial charge in [-0.05, 0) is 0 Å². The van der Waals surface area contributed by atoms with Crippen molar-refractivity contribution in [1.82, 2.24) is 0 Å². The van der Waals surface area contributed by atoms with Crippen molar-refractivity contribution in [1.29, 1.82) is 0 Å². The molecule has 0 saturated carbocycles. The highest BCUT2D eigenvalue weighted by Gasteiger charge is 1.39. The Hall–Kier alpha value is -2.16. The molecule has 0 atom stereocenters. The Labute approximate surface area is 56.8 Å². The van der Waals surface area contributed by atoms with Gasteiger partial charge in [-0.1, -0.05) is 0 Å². The molecule has 0 radical (unpaired) electrons. The Balaban J connectivity index is 5.30. The highest BCUT2D eigenvalue weighted by molar-refractivity contribution is 5.43. The molecule has 10 heavy (non-hydrogen) atoms. The second-order valence-corrected chi connectivity index (χ2v) is 0.954. The van der Waals surface area contributed by atoms with Gasteiger partial charge in [-0.2, -0.15) is 0 Å². The molecule has 2 nitrogen and oxygen atoms in total. The van der Waals surface area contributed by atoms with Crippen molar-refractivity contribution < 1.29 is 9.59 Å². The zero-order valence-electron chi connectivity index (χ0n) is 4.82. The Morgan fingerprint density at radius 3 is 1.10 bits per heavy atom. The minimum atomic E-state index is 1.32. The first-order chi connectivity index (χ1) is 4.91. The van der Waals surface area contributed by atoms with Gasteiger partial charge in [0.2, 0.25) is 0 Å². The van der Waals surface area contributed by atoms with Crippen LogP contribution in [0.2, 0.25) is 0 Å². The molecule has 44 valence electrons. The molecular formula is C8O2. The fourth-order valence-electron chi connectivity index (χ4n) is 0.176. The van der Waals surface area contributed by atoms with Gasteiger partial charge in [0.1, 0.15) is 0 Å². The van der Waals surface area contributed by atoms with Crippen molar-refractivity contribution in [2.24, 2.45) is 0 Å². The molecule has 0 bridgehead atoms. The minimum absolute atomic E-state index is 1.32. The zero-order chi connectivity index (χ0) is 7.66. The molecular weight excluding hydrogens is 128 g/mol. The van der Waals surface area contributed by atoms with Crippen molar-refractivity contribution in [3.05, 3.63) is 34.4 Å². The lowest BCUT2D eigenvalue weighted by molar-refractivity contribution is 0.568. The summed E-state index contributed by atoms with van der Waals surface area (Å²) in [4.78, 5) is 18.9. The van der Waals surface area contributed by atoms with Crippen LogP contribution in [0, 0.1) is 0 Å². The molecule has 0 N–H and O–H groups in total. The van der Waals surface area contributed by atoms with Gasteiger partial charge in [-0.25, -0.2) is 9.59 Å². The number of rotatable bonds is 0. The van der Waals surface area contributed by atoms with E-state index in [2.05, 4.69) is 22.9 Å². The molecule has 0 aliphatic rings. The van der Waals surface area contributed by atoms with E-state index in [0.29, 0.717) is 0 Å². The average Bonchev–Trinajstić information content (AvgIpc) is 1.97. The summed E-state index contributed by atoms with van der Waals surface area (Å²) in [5.41, 5.74) is 12.5. The molecule has 0 amide bonds. The predicted molar refractivity (Wildman–Crippen MR) is 32.5 cm³/mol. The lowest BCUT2D eigenvalue weighted by atomic mass is 10.7. The molecule has 0 saturated heterocycles. The van der Waals surface area contributed by atoms with Crippen LogP contribution in [0.15, 0.2) is 34.4 Å². The molecule has 0 heterocycles. The van der Waals surface area contributed by atoms with Gasteiger partial charge in [-0.15, -0.1) is 0 Å². The third-order valence-electron chi connectivity index (χ3n) is 0.415. The van der Waals surface area contributed by atoms with E-state index in [-0.39, 0.29) is 0 Å². The molecule has 0 aromatic carbocycles. The third kappa shape index (κ3) is 5.84. The van der Waals surface area contributed by atoms with Crippen molar-refractivity contribution >= 4 is 11.9 Å². The highest BCUT2D eigenvalue weighted by atomic mass is 16.1. The van der Waals surface area contributed by atoms with Crippen LogP contribution in [0.5, 0.6) is 0 Å². The fraction of sp³-hybridized carbons (Fsp3) is 0. The van der Waals surface area contributed by atoms with Gasteiger partial charge < -0.3 is 0 Å². The smallest absolute Gasteiger partial charge is 0.186 e. The first kappa shape index (κ1) is 7.84. The second kappa shape index (κ2) is 6.84. The van der Waals surface area contributed by atoms with E-state index in [1.54, 1.807) is 0 Å². The molecule has 0 aliphatic heterocycles. The summed E-state index contributed by atoms with van der Waals surface area (Å²) in [6, 6.07) is 0. The maximum Gasteiger partial charge on any atom is 0.186 e. The Morgan fingerprint density at radius 2 is 0.800 bits per heavy atom. The molecule has 0 aliphatic carbocycles. The molecule has 0 unspecified atom stereocenters. The van der Waals surface area contributed by atoms with E-state index in [0.717, 1.165) is 0 Å². The SMILES string of the molecule is O=C=C=C=C=C=C=C=C=O. The first-order valence-electron chi connectivity index (χ1n) is 2.16. The molecule has 0 spiro atoms. The van der Waals surface area contributed by atoms with Crippen LogP contribution >= 0.6 is 0 Å². The summed E-state index contributed by atoms with van der Waals surface area (Å²) in [6.45, 7) is 0. The topological polar surface area (TPSA) is 34.1 Å². The van der Waals surface area contributed by atoms with Gasteiger partial charge >= 0.3 is 0 Å². The summed E-state index contributed by atoms with van der Waals surface area (Å²) in [6.07, 6.45) is 0. The van der Waals surface area contributed by atoms with E-state index in [1.807, 2.05) is 11.5 Å². The Morgan fingerprint density at radius 1 is 0.500 bits per heavy atom. The van der Waals surface area contributed by atoms with Gasteiger partial charge in [0.25, 0.3) is 0 Å². The van der Waals surface area contributed by atoms with E-state index in [9.17, 15) is 9.59 Å². The van der Waals surface area contributed by atoms with E-state index >= 15 is 0 Å². The van der Waals surface area contributed by atoms with Gasteiger partial charge in [0.15, 0.2) is 11.9 Å². The maximum atomic E-state index is 9.43. The average molecular weight is 128 g/mol. The molecule has 0 aromatic rings. The van der Waals surface area contributed by atoms with E-state index in [4.69, 9.17) is 0 Å². The van der Waals surface area contributed by atoms with Crippen LogP contribution in [-0.4, -0.2) is 11.9 Å². The Kier molecular flexibility index (Phi) is 5.36. The minimum Gasteiger partial charge on any atom is -0.223 e. The van der Waals surface area contributed by atoms with Crippen LogP contribution in [0.4, 0.5) is 0 Å². The van der Waals surface area contributed by atoms with Gasteiger partial charge in [0.05, 0.1) is 0 Å². The van der Waals surface area contributed by atoms with Crippen molar-refractivity contribution in [2.45, 2.75) is 0 Å². The Bertz CT molecular complexity index is 343. The van der Waals surface area contributed by atoms with Gasteiger partial charge in [0, 0.05) is 34.4 Å². The number of hydrogen-bond acceptors (Lipinski definition) is 2. The highest BCUT2D eigenvalue weighted by Crippen LogP contribution is 1.48. The lowest BCUT2D eigenvalue weighted by Crippen LogP contribution is -1.30. The van der Waals surface area contributed by atoms with E-state index < -0.39 is 0 Å². The maximum absolute atomic E-state index is 9.43. The summed E-state index contributed by atoms with van der Waals surface area (Å²) in [7, 11) is 0. The van der Waals surface area contributed by atoms with Crippen LogP contribution < -0.4 is 0 Å². The number of carbonyl (C=O) groups excluding carboxylic acids is 2. The predicted octanol–water partition coefficient (Wildman–Crippen LogP) is 0.136. The summed E-state index contributed by atoms with van der Waals surface area (Å²) >= 11 is 0. The van der Waals surface area contributed by atoms with Crippen LogP contribution in [0.3, 0.4) is 0 Å². The summed E-state index contributed by atoms with van der Waals surface area (Å²) < 4.78 is 0. The molecule has 0 rings (SSSR count). The third-order valence-corrected chi connectivity index (χ3v) is 0.415. The van der Waals surface area contributed by atoms with Crippen molar-refractivity contribution in [3.63, 3.8) is 0 Å². The lowest BCUT2D eigenvalue weighted by Gasteiger charge is -1.34. The van der Waals surface area contributed by atoms with Gasteiger partial charge in [-0.3, -0.25) is 0 Å². The van der Waals surface area contributed by atoms with Crippen LogP contribution in [0.25, 0.3) is 0 Å². The second-order valence-electron chi connectivity index (χ2n) is 0.954. The first-order valence-corrected chi connectivity index (χ1v) is 2.16. The standard InChI is InChI=1S/C8O2/c9-7-5-3-1-2-4-6-8-10. The number of hydrogen-bond donors (Lipinski definition) is 0. The summed E-state index contributed by atoms with van der Waals surface area (Å²) in [5, 5.41) is 0. The fourth-order valence-corrected chi connectivity index (χ4v) is 0.176. The molecule has 0 aromatic heterocycles. The summed E-state index contributed by atoms with van der Waals surface area (Å²) in [5.74, 6) is 2.64. The normalized spacial score (nSPS) is 3.60. The quantitative estimate of drug-likeness (QED) is 0.343. The van der Waals surface area contributed by atoms with Crippen LogP contribution in [-0.2, 0) is 9.59 Å². The van der Waals surface area contributed by atoms with Crippen molar-refractivity contribution in [2.75, 3.05) is 0 Å². The monoisotopic (exact) mass is 128 g/mol. The van der Waals surface area contributed by atoms with Crippen molar-refractivity contribution in [3.8, 4) is 0 Å². The molecule has 0 fully saturated rings.